The zero-order valence-electron chi connectivity index (χ0n) is 5.98. The number of nitrogens with two attached hydrogens (primary N) is 1. The summed E-state index contributed by atoms with van der Waals surface area (Å²) in [6, 6.07) is 0. The molecule has 0 radical (unpaired) electrons. The number of carbonyl (C=O) groups is 1. The molecule has 0 aromatic heterocycles. The number of hydrogen-bond acceptors (Lipinski definition) is 2. The Hall–Kier alpha value is -0.790. The maximum Gasteiger partial charge on any atom is 0.157 e. The number of carbonyl (C=O) groups excluding carboxylic acids is 1. The molecule has 0 atom stereocenters. The lowest BCUT2D eigenvalue weighted by Crippen LogP contribution is -1.97. The molecule has 0 bridgehead atoms. The van der Waals surface area contributed by atoms with Gasteiger partial charge in [-0.3, -0.25) is 4.79 Å². The fourth-order valence-electron chi connectivity index (χ4n) is 0.573. The van der Waals surface area contributed by atoms with Crippen LogP contribution in [0.4, 0.5) is 0 Å². The van der Waals surface area contributed by atoms with Crippen molar-refractivity contribution in [2.75, 3.05) is 0 Å². The van der Waals surface area contributed by atoms with Gasteiger partial charge in [-0.05, 0) is 19.4 Å². The summed E-state index contributed by atoms with van der Waals surface area (Å²) >= 11 is 0. The van der Waals surface area contributed by atoms with Crippen LogP contribution in [0.25, 0.3) is 0 Å². The van der Waals surface area contributed by atoms with Gasteiger partial charge in [0, 0.05) is 12.1 Å². The maximum atomic E-state index is 10.7. The van der Waals surface area contributed by atoms with E-state index in [4.69, 9.17) is 5.73 Å². The molecule has 0 saturated carbocycles. The first-order chi connectivity index (χ1) is 4.16. The van der Waals surface area contributed by atoms with Crippen LogP contribution in [-0.4, -0.2) is 5.78 Å². The molecule has 2 heteroatoms. The zero-order chi connectivity index (χ0) is 7.28. The minimum Gasteiger partial charge on any atom is -0.402 e. The zero-order valence-corrected chi connectivity index (χ0v) is 5.98. The van der Waals surface area contributed by atoms with Gasteiger partial charge in [-0.2, -0.15) is 0 Å². The smallest absolute Gasteiger partial charge is 0.157 e. The lowest BCUT2D eigenvalue weighted by atomic mass is 10.2. The second-order valence-corrected chi connectivity index (χ2v) is 2.10. The third kappa shape index (κ3) is 5.07. The van der Waals surface area contributed by atoms with E-state index in [-0.39, 0.29) is 5.78 Å². The van der Waals surface area contributed by atoms with Gasteiger partial charge in [0.05, 0.1) is 0 Å². The molecule has 0 rings (SSSR count). The van der Waals surface area contributed by atoms with E-state index in [2.05, 4.69) is 0 Å². The summed E-state index contributed by atoms with van der Waals surface area (Å²) in [5.74, 6) is 0.123. The van der Waals surface area contributed by atoms with E-state index >= 15 is 0 Å². The molecule has 0 fully saturated rings. The molecule has 0 aliphatic carbocycles. The van der Waals surface area contributed by atoms with Gasteiger partial charge in [0.15, 0.2) is 5.78 Å². The van der Waals surface area contributed by atoms with Crippen molar-refractivity contribution in [2.45, 2.75) is 26.7 Å². The molecule has 9 heavy (non-hydrogen) atoms. The van der Waals surface area contributed by atoms with Crippen LogP contribution in [0.2, 0.25) is 0 Å². The fourth-order valence-corrected chi connectivity index (χ4v) is 0.573. The van der Waals surface area contributed by atoms with Crippen LogP contribution in [0.15, 0.2) is 11.8 Å². The minimum absolute atomic E-state index is 0.123. The van der Waals surface area contributed by atoms with Gasteiger partial charge in [-0.1, -0.05) is 6.92 Å². The monoisotopic (exact) mass is 127 g/mol. The van der Waals surface area contributed by atoms with E-state index in [1.54, 1.807) is 6.92 Å². The van der Waals surface area contributed by atoms with E-state index in [1.165, 1.54) is 6.08 Å². The number of allylic oxidation sites excluding steroid dienone is 2. The minimum atomic E-state index is 0.123. The molecular formula is C7H13NO. The highest BCUT2D eigenvalue weighted by atomic mass is 16.1. The molecular weight excluding hydrogens is 114 g/mol. The summed E-state index contributed by atoms with van der Waals surface area (Å²) < 4.78 is 0. The van der Waals surface area contributed by atoms with Gasteiger partial charge >= 0.3 is 0 Å². The first-order valence-corrected chi connectivity index (χ1v) is 3.13. The summed E-state index contributed by atoms with van der Waals surface area (Å²) in [4.78, 5) is 10.7. The molecule has 0 spiro atoms. The Kier molecular flexibility index (Phi) is 3.76. The van der Waals surface area contributed by atoms with E-state index in [0.717, 1.165) is 6.42 Å². The van der Waals surface area contributed by atoms with E-state index in [0.29, 0.717) is 12.1 Å². The standard InChI is InChI=1S/C7H13NO/c1-3-4-7(9)5-6(2)8/h5H,3-4,8H2,1-2H3. The lowest BCUT2D eigenvalue weighted by molar-refractivity contribution is -0.114. The largest absolute Gasteiger partial charge is 0.402 e. The molecule has 2 N–H and O–H groups in total. The SMILES string of the molecule is CCCC(=O)C=C(C)N. The molecule has 0 unspecified atom stereocenters. The predicted molar refractivity (Wildman–Crippen MR) is 37.9 cm³/mol. The normalized spacial score (nSPS) is 11.6. The van der Waals surface area contributed by atoms with E-state index < -0.39 is 0 Å². The van der Waals surface area contributed by atoms with Gasteiger partial charge in [-0.15, -0.1) is 0 Å². The Morgan fingerprint density at radius 2 is 2.22 bits per heavy atom. The number of hydrogen-bond donors (Lipinski definition) is 1. The highest BCUT2D eigenvalue weighted by molar-refractivity contribution is 5.89. The summed E-state index contributed by atoms with van der Waals surface area (Å²) in [5, 5.41) is 0. The van der Waals surface area contributed by atoms with Crippen molar-refractivity contribution in [3.05, 3.63) is 11.8 Å². The molecule has 0 aliphatic heterocycles. The Balaban J connectivity index is 3.63. The van der Waals surface area contributed by atoms with Crippen molar-refractivity contribution in [1.82, 2.24) is 0 Å². The number of rotatable bonds is 3. The van der Waals surface area contributed by atoms with Crippen molar-refractivity contribution in [1.29, 1.82) is 0 Å². The van der Waals surface area contributed by atoms with Crippen molar-refractivity contribution < 1.29 is 4.79 Å². The van der Waals surface area contributed by atoms with E-state index in [1.807, 2.05) is 6.92 Å². The van der Waals surface area contributed by atoms with Crippen LogP contribution in [0, 0.1) is 0 Å². The lowest BCUT2D eigenvalue weighted by Gasteiger charge is -1.89. The van der Waals surface area contributed by atoms with Crippen LogP contribution in [0.5, 0.6) is 0 Å². The van der Waals surface area contributed by atoms with Gasteiger partial charge in [0.2, 0.25) is 0 Å². The van der Waals surface area contributed by atoms with Gasteiger partial charge in [0.25, 0.3) is 0 Å². The highest BCUT2D eigenvalue weighted by Crippen LogP contribution is 1.91. The van der Waals surface area contributed by atoms with Crippen LogP contribution in [-0.2, 0) is 4.79 Å². The second-order valence-electron chi connectivity index (χ2n) is 2.10. The summed E-state index contributed by atoms with van der Waals surface area (Å²) in [5.41, 5.74) is 5.86. The molecule has 0 aromatic rings. The van der Waals surface area contributed by atoms with Crippen LogP contribution < -0.4 is 5.73 Å². The second kappa shape index (κ2) is 4.13. The third-order valence-electron chi connectivity index (χ3n) is 0.885. The molecule has 0 saturated heterocycles. The Morgan fingerprint density at radius 1 is 1.67 bits per heavy atom. The maximum absolute atomic E-state index is 10.7. The molecule has 0 aromatic carbocycles. The topological polar surface area (TPSA) is 43.1 Å². The van der Waals surface area contributed by atoms with Gasteiger partial charge in [-0.25, -0.2) is 0 Å². The summed E-state index contributed by atoms with van der Waals surface area (Å²) in [6.07, 6.45) is 2.97. The summed E-state index contributed by atoms with van der Waals surface area (Å²) in [7, 11) is 0. The fraction of sp³-hybridized carbons (Fsp3) is 0.571. The molecule has 0 aliphatic rings. The molecule has 0 amide bonds. The van der Waals surface area contributed by atoms with Crippen molar-refractivity contribution in [2.24, 2.45) is 5.73 Å². The van der Waals surface area contributed by atoms with Crippen molar-refractivity contribution in [3.63, 3.8) is 0 Å². The third-order valence-corrected chi connectivity index (χ3v) is 0.885. The number of ketones is 1. The van der Waals surface area contributed by atoms with Gasteiger partial charge in [0.1, 0.15) is 0 Å². The van der Waals surface area contributed by atoms with Crippen LogP contribution in [0.1, 0.15) is 26.7 Å². The Bertz CT molecular complexity index is 123. The predicted octanol–water partition coefficient (Wildman–Crippen LogP) is 1.22. The molecule has 52 valence electrons. The Labute approximate surface area is 55.7 Å². The first kappa shape index (κ1) is 8.21. The van der Waals surface area contributed by atoms with E-state index in [9.17, 15) is 4.79 Å². The van der Waals surface area contributed by atoms with Gasteiger partial charge < -0.3 is 5.73 Å². The van der Waals surface area contributed by atoms with Crippen molar-refractivity contribution >= 4 is 5.78 Å². The average molecular weight is 127 g/mol. The van der Waals surface area contributed by atoms with Crippen LogP contribution >= 0.6 is 0 Å². The molecule has 0 heterocycles. The Morgan fingerprint density at radius 3 is 2.56 bits per heavy atom. The highest BCUT2D eigenvalue weighted by Gasteiger charge is 1.92. The molecule has 2 nitrogen and oxygen atoms in total. The van der Waals surface area contributed by atoms with Crippen molar-refractivity contribution in [3.8, 4) is 0 Å². The summed E-state index contributed by atoms with van der Waals surface area (Å²) in [6.45, 7) is 3.69. The van der Waals surface area contributed by atoms with Crippen LogP contribution in [0.3, 0.4) is 0 Å². The first-order valence-electron chi connectivity index (χ1n) is 3.13. The quantitative estimate of drug-likeness (QED) is 0.579. The average Bonchev–Trinajstić information content (AvgIpc) is 1.63.